The Hall–Kier alpha value is -3.26. The molecule has 4 rings (SSSR count). The molecule has 0 spiro atoms. The smallest absolute Gasteiger partial charge is 0.243 e. The largest absolute Gasteiger partial charge is 0.459 e. The highest BCUT2D eigenvalue weighted by atomic mass is 35.5. The molecule has 0 amide bonds. The maximum atomic E-state index is 13.5. The minimum atomic E-state index is -3.80. The van der Waals surface area contributed by atoms with E-state index in [9.17, 15) is 12.8 Å². The van der Waals surface area contributed by atoms with Gasteiger partial charge in [-0.1, -0.05) is 41.4 Å². The lowest BCUT2D eigenvalue weighted by molar-refractivity contribution is 0.357. The van der Waals surface area contributed by atoms with Crippen LogP contribution in [-0.2, 0) is 23.1 Å². The van der Waals surface area contributed by atoms with E-state index in [4.69, 9.17) is 16.0 Å². The molecule has 0 radical (unpaired) electrons. The van der Waals surface area contributed by atoms with E-state index in [0.717, 1.165) is 11.1 Å². The zero-order chi connectivity index (χ0) is 24.1. The first kappa shape index (κ1) is 23.9. The van der Waals surface area contributed by atoms with Crippen molar-refractivity contribution in [1.29, 1.82) is 0 Å². The average molecular weight is 497 g/mol. The van der Waals surface area contributed by atoms with Crippen LogP contribution in [0.15, 0.2) is 99.2 Å². The number of rotatable bonds is 8. The van der Waals surface area contributed by atoms with E-state index in [1.165, 1.54) is 22.7 Å². The number of hydrogen-bond donors (Lipinski definition) is 0. The topological polar surface area (TPSA) is 62.9 Å². The van der Waals surface area contributed by atoms with E-state index in [0.29, 0.717) is 22.2 Å². The highest BCUT2D eigenvalue weighted by molar-refractivity contribution is 7.89. The van der Waals surface area contributed by atoms with Gasteiger partial charge in [-0.3, -0.25) is 4.99 Å². The summed E-state index contributed by atoms with van der Waals surface area (Å²) in [5, 5.41) is 0.577. The summed E-state index contributed by atoms with van der Waals surface area (Å²) in [7, 11) is -3.80. The Morgan fingerprint density at radius 2 is 1.59 bits per heavy atom. The Bertz CT molecular complexity index is 1380. The van der Waals surface area contributed by atoms with E-state index >= 15 is 0 Å². The fourth-order valence-electron chi connectivity index (χ4n) is 3.27. The summed E-state index contributed by atoms with van der Waals surface area (Å²) in [6, 6.07) is 23.0. The Morgan fingerprint density at radius 1 is 0.912 bits per heavy atom. The number of benzene rings is 3. The maximum absolute atomic E-state index is 13.5. The number of sulfonamides is 1. The molecule has 0 aliphatic heterocycles. The van der Waals surface area contributed by atoms with E-state index < -0.39 is 10.0 Å². The average Bonchev–Trinajstić information content (AvgIpc) is 3.27. The number of aliphatic imine (C=N–C) groups is 1. The second kappa shape index (κ2) is 10.3. The van der Waals surface area contributed by atoms with Crippen LogP contribution in [0.3, 0.4) is 0 Å². The molecular formula is C26H22ClFN2O3S. The maximum Gasteiger partial charge on any atom is 0.243 e. The molecule has 1 aromatic heterocycles. The number of halogens is 2. The Balaban J connectivity index is 1.58. The van der Waals surface area contributed by atoms with Crippen molar-refractivity contribution in [3.05, 3.63) is 118 Å². The number of aryl methyl sites for hydroxylation is 1. The molecule has 5 nitrogen and oxygen atoms in total. The summed E-state index contributed by atoms with van der Waals surface area (Å²) < 4.78 is 47.2. The predicted molar refractivity (Wildman–Crippen MR) is 131 cm³/mol. The van der Waals surface area contributed by atoms with Gasteiger partial charge in [0.15, 0.2) is 0 Å². The summed E-state index contributed by atoms with van der Waals surface area (Å²) in [6.45, 7) is 2.08. The molecule has 34 heavy (non-hydrogen) atoms. The van der Waals surface area contributed by atoms with Crippen molar-refractivity contribution in [3.8, 4) is 0 Å². The molecule has 0 atom stereocenters. The summed E-state index contributed by atoms with van der Waals surface area (Å²) in [5.41, 5.74) is 2.34. The van der Waals surface area contributed by atoms with Crippen LogP contribution in [-0.4, -0.2) is 18.9 Å². The van der Waals surface area contributed by atoms with Crippen LogP contribution >= 0.6 is 11.6 Å². The third-order valence-corrected chi connectivity index (χ3v) is 7.17. The van der Waals surface area contributed by atoms with Crippen LogP contribution < -0.4 is 0 Å². The molecule has 0 fully saturated rings. The Kier molecular flexibility index (Phi) is 7.26. The van der Waals surface area contributed by atoms with Gasteiger partial charge in [-0.2, -0.15) is 4.31 Å². The van der Waals surface area contributed by atoms with Crippen LogP contribution in [0.25, 0.3) is 0 Å². The van der Waals surface area contributed by atoms with Gasteiger partial charge >= 0.3 is 0 Å². The molecule has 0 aliphatic rings. The van der Waals surface area contributed by atoms with Gasteiger partial charge in [-0.15, -0.1) is 0 Å². The van der Waals surface area contributed by atoms with Crippen LogP contribution in [0.4, 0.5) is 10.1 Å². The molecule has 0 unspecified atom stereocenters. The Morgan fingerprint density at radius 3 is 2.26 bits per heavy atom. The lowest BCUT2D eigenvalue weighted by Gasteiger charge is -2.21. The van der Waals surface area contributed by atoms with Crippen molar-refractivity contribution in [2.24, 2.45) is 4.99 Å². The lowest BCUT2D eigenvalue weighted by atomic mass is 10.2. The first-order valence-electron chi connectivity index (χ1n) is 10.5. The van der Waals surface area contributed by atoms with E-state index in [1.54, 1.807) is 72.8 Å². The van der Waals surface area contributed by atoms with Gasteiger partial charge in [0.05, 0.1) is 23.3 Å². The van der Waals surface area contributed by atoms with Crippen molar-refractivity contribution in [1.82, 2.24) is 4.31 Å². The summed E-state index contributed by atoms with van der Waals surface area (Å²) in [5.74, 6) is 0.582. The fraction of sp³-hybridized carbons (Fsp3) is 0.115. The number of hydrogen-bond acceptors (Lipinski definition) is 4. The first-order chi connectivity index (χ1) is 16.3. The normalized spacial score (nSPS) is 12.0. The molecule has 0 bridgehead atoms. The van der Waals surface area contributed by atoms with Crippen LogP contribution in [0.1, 0.15) is 22.6 Å². The molecule has 0 N–H and O–H groups in total. The molecule has 0 saturated carbocycles. The molecular weight excluding hydrogens is 475 g/mol. The molecule has 3 aromatic carbocycles. The standard InChI is InChI=1S/C26H22ClFN2O3S/c1-19-2-14-26(15-3-19)34(31,32)30(17-20-4-6-21(27)7-5-20)18-25-13-12-24(33-25)16-29-23-10-8-22(28)9-11-23/h2-16H,17-18H2,1H3. The van der Waals surface area contributed by atoms with Gasteiger partial charge in [0, 0.05) is 11.6 Å². The molecule has 8 heteroatoms. The molecule has 174 valence electrons. The van der Waals surface area contributed by atoms with Crippen LogP contribution in [0.5, 0.6) is 0 Å². The number of furan rings is 1. The van der Waals surface area contributed by atoms with E-state index in [-0.39, 0.29) is 23.8 Å². The van der Waals surface area contributed by atoms with Crippen molar-refractivity contribution >= 4 is 33.5 Å². The first-order valence-corrected chi connectivity index (χ1v) is 12.3. The SMILES string of the molecule is Cc1ccc(S(=O)(=O)N(Cc2ccc(Cl)cc2)Cc2ccc(C=Nc3ccc(F)cc3)o2)cc1. The second-order valence-corrected chi connectivity index (χ2v) is 10.1. The third kappa shape index (κ3) is 5.99. The van der Waals surface area contributed by atoms with Gasteiger partial charge in [-0.25, -0.2) is 12.8 Å². The lowest BCUT2D eigenvalue weighted by Crippen LogP contribution is -2.30. The molecule has 1 heterocycles. The van der Waals surface area contributed by atoms with Gasteiger partial charge in [0.25, 0.3) is 0 Å². The Labute approximate surface area is 203 Å². The second-order valence-electron chi connectivity index (χ2n) is 7.75. The van der Waals surface area contributed by atoms with Gasteiger partial charge in [-0.05, 0) is 73.2 Å². The summed E-state index contributed by atoms with van der Waals surface area (Å²) >= 11 is 5.99. The fourth-order valence-corrected chi connectivity index (χ4v) is 4.79. The summed E-state index contributed by atoms with van der Waals surface area (Å²) in [4.78, 5) is 4.47. The zero-order valence-corrected chi connectivity index (χ0v) is 19.9. The predicted octanol–water partition coefficient (Wildman–Crippen LogP) is 6.52. The van der Waals surface area contributed by atoms with Crippen molar-refractivity contribution in [2.75, 3.05) is 0 Å². The van der Waals surface area contributed by atoms with E-state index in [2.05, 4.69) is 4.99 Å². The molecule has 0 aliphatic carbocycles. The highest BCUT2D eigenvalue weighted by Crippen LogP contribution is 2.23. The summed E-state index contributed by atoms with van der Waals surface area (Å²) in [6.07, 6.45) is 1.51. The van der Waals surface area contributed by atoms with Crippen LogP contribution in [0, 0.1) is 12.7 Å². The molecule has 4 aromatic rings. The quantitative estimate of drug-likeness (QED) is 0.261. The minimum absolute atomic E-state index is 0.0310. The van der Waals surface area contributed by atoms with Crippen molar-refractivity contribution < 1.29 is 17.2 Å². The van der Waals surface area contributed by atoms with Crippen LogP contribution in [0.2, 0.25) is 5.02 Å². The van der Waals surface area contributed by atoms with Gasteiger partial charge < -0.3 is 4.42 Å². The highest BCUT2D eigenvalue weighted by Gasteiger charge is 2.26. The monoisotopic (exact) mass is 496 g/mol. The number of nitrogens with zero attached hydrogens (tertiary/aromatic N) is 2. The minimum Gasteiger partial charge on any atom is -0.459 e. The van der Waals surface area contributed by atoms with Gasteiger partial charge in [0.1, 0.15) is 17.3 Å². The zero-order valence-electron chi connectivity index (χ0n) is 18.4. The van der Waals surface area contributed by atoms with Crippen molar-refractivity contribution in [2.45, 2.75) is 24.9 Å². The third-order valence-electron chi connectivity index (χ3n) is 5.11. The van der Waals surface area contributed by atoms with Gasteiger partial charge in [0.2, 0.25) is 10.0 Å². The molecule has 0 saturated heterocycles. The van der Waals surface area contributed by atoms with Crippen molar-refractivity contribution in [3.63, 3.8) is 0 Å². The van der Waals surface area contributed by atoms with E-state index in [1.807, 2.05) is 6.92 Å².